The topological polar surface area (TPSA) is 3.24 Å². The molecule has 1 unspecified atom stereocenters. The number of rotatable bonds is 3. The van der Waals surface area contributed by atoms with Crippen LogP contribution in [-0.4, -0.2) is 20.1 Å². The molecule has 0 radical (unpaired) electrons. The summed E-state index contributed by atoms with van der Waals surface area (Å²) in [6.45, 7) is 10.8. The van der Waals surface area contributed by atoms with Gasteiger partial charge in [-0.1, -0.05) is 114 Å². The number of fused-ring (bicyclic) bond motifs is 4. The summed E-state index contributed by atoms with van der Waals surface area (Å²) in [6, 6.07) is 31.8. The molecule has 1 aliphatic heterocycles. The van der Waals surface area contributed by atoms with E-state index in [1.807, 2.05) is 0 Å². The van der Waals surface area contributed by atoms with Crippen LogP contribution in [0.1, 0.15) is 54.9 Å². The lowest BCUT2D eigenvalue weighted by Crippen LogP contribution is -2.23. The number of hydrogen-bond acceptors (Lipinski definition) is 1. The summed E-state index contributed by atoms with van der Waals surface area (Å²) >= 11 is 0. The third-order valence-electron chi connectivity index (χ3n) is 9.98. The molecule has 4 aliphatic rings. The molecular weight excluding hydrogens is 523 g/mol. The molecule has 0 spiro atoms. The van der Waals surface area contributed by atoms with Gasteiger partial charge in [0.05, 0.1) is 0 Å². The van der Waals surface area contributed by atoms with Gasteiger partial charge in [-0.05, 0) is 95.0 Å². The van der Waals surface area contributed by atoms with Crippen molar-refractivity contribution in [2.75, 3.05) is 11.4 Å². The quantitative estimate of drug-likeness (QED) is 0.226. The second-order valence-corrected chi connectivity index (χ2v) is 15.3. The Bertz CT molecular complexity index is 1970. The first-order valence-corrected chi connectivity index (χ1v) is 18.0. The Morgan fingerprint density at radius 1 is 0.786 bits per heavy atom. The summed E-state index contributed by atoms with van der Waals surface area (Å²) < 4.78 is 0. The molecule has 3 aliphatic carbocycles. The molecular formula is C40H37NSi. The summed E-state index contributed by atoms with van der Waals surface area (Å²) in [4.78, 5) is 2.56. The fourth-order valence-electron chi connectivity index (χ4n) is 8.15. The van der Waals surface area contributed by atoms with Gasteiger partial charge in [0.2, 0.25) is 0 Å². The fraction of sp³-hybridized carbons (Fsp3) is 0.225. The summed E-state index contributed by atoms with van der Waals surface area (Å²) in [5, 5.41) is 4.39. The van der Waals surface area contributed by atoms with Gasteiger partial charge in [-0.25, -0.2) is 0 Å². The average Bonchev–Trinajstić information content (AvgIpc) is 3.68. The number of anilines is 2. The lowest BCUT2D eigenvalue weighted by Gasteiger charge is -2.31. The van der Waals surface area contributed by atoms with Gasteiger partial charge < -0.3 is 4.90 Å². The molecule has 0 aromatic heterocycles. The molecule has 1 atom stereocenters. The van der Waals surface area contributed by atoms with Crippen molar-refractivity contribution in [2.24, 2.45) is 0 Å². The Kier molecular flexibility index (Phi) is 5.98. The van der Waals surface area contributed by atoms with E-state index in [0.717, 1.165) is 25.8 Å². The first kappa shape index (κ1) is 25.7. The van der Waals surface area contributed by atoms with Crippen LogP contribution in [0.25, 0.3) is 22.4 Å². The van der Waals surface area contributed by atoms with E-state index in [0.29, 0.717) is 5.92 Å². The Balaban J connectivity index is 1.36. The molecule has 4 aromatic carbocycles. The van der Waals surface area contributed by atoms with Gasteiger partial charge in [0.1, 0.15) is 0 Å². The van der Waals surface area contributed by atoms with E-state index < -0.39 is 8.41 Å². The molecule has 8 rings (SSSR count). The zero-order valence-corrected chi connectivity index (χ0v) is 26.1. The molecule has 0 amide bonds. The van der Waals surface area contributed by atoms with Gasteiger partial charge in [-0.3, -0.25) is 0 Å². The van der Waals surface area contributed by atoms with E-state index >= 15 is 0 Å². The first-order chi connectivity index (χ1) is 20.5. The van der Waals surface area contributed by atoms with E-state index in [1.165, 1.54) is 61.1 Å². The molecule has 42 heavy (non-hydrogen) atoms. The summed E-state index contributed by atoms with van der Waals surface area (Å²) in [6.07, 6.45) is 8.36. The lowest BCUT2D eigenvalue weighted by molar-refractivity contribution is 0.962. The molecule has 1 nitrogen and oxygen atoms in total. The summed E-state index contributed by atoms with van der Waals surface area (Å²) in [7, 11) is -0.658. The molecule has 2 heteroatoms. The molecule has 4 aromatic rings. The lowest BCUT2D eigenvalue weighted by atomic mass is 9.77. The third-order valence-corrected chi connectivity index (χ3v) is 11.7. The standard InChI is InChI=1S/C40H37NSi/c1-25-23-29-19-20-36(42(3)4)40(39(29)37(25)31-15-9-13-27-11-5-7-14-30(27)31)38-26(2)24-33-32(38)16-10-18-35(33)41-22-21-28-12-6-8-17-34(28)41/h5-19,24,38H,20-23H2,1-4H3. The highest BCUT2D eigenvalue weighted by molar-refractivity contribution is 6.72. The van der Waals surface area contributed by atoms with Gasteiger partial charge in [-0.2, -0.15) is 0 Å². The molecule has 0 fully saturated rings. The average molecular weight is 560 g/mol. The van der Waals surface area contributed by atoms with Crippen LogP contribution in [0.3, 0.4) is 0 Å². The highest BCUT2D eigenvalue weighted by atomic mass is 28.2. The van der Waals surface area contributed by atoms with Crippen molar-refractivity contribution >= 4 is 47.4 Å². The molecule has 1 heterocycles. The van der Waals surface area contributed by atoms with Crippen LogP contribution in [0.5, 0.6) is 0 Å². The molecule has 0 saturated heterocycles. The molecule has 0 saturated carbocycles. The highest BCUT2D eigenvalue weighted by Gasteiger charge is 2.38. The number of allylic oxidation sites excluding steroid dienone is 7. The monoisotopic (exact) mass is 559 g/mol. The van der Waals surface area contributed by atoms with Crippen molar-refractivity contribution in [1.29, 1.82) is 0 Å². The van der Waals surface area contributed by atoms with Crippen LogP contribution in [0.2, 0.25) is 13.1 Å². The fourth-order valence-corrected chi connectivity index (χ4v) is 9.47. The molecule has 206 valence electrons. The van der Waals surface area contributed by atoms with Gasteiger partial charge in [-0.15, -0.1) is 0 Å². The second kappa shape index (κ2) is 9.78. The summed E-state index contributed by atoms with van der Waals surface area (Å²) in [5.41, 5.74) is 17.7. The Labute approximate surface area is 251 Å². The van der Waals surface area contributed by atoms with Crippen molar-refractivity contribution in [2.45, 2.75) is 52.1 Å². The number of benzene rings is 4. The van der Waals surface area contributed by atoms with Crippen LogP contribution in [0.4, 0.5) is 11.4 Å². The minimum atomic E-state index is -0.658. The van der Waals surface area contributed by atoms with Gasteiger partial charge in [0.25, 0.3) is 0 Å². The zero-order valence-electron chi connectivity index (χ0n) is 25.1. The van der Waals surface area contributed by atoms with Crippen LogP contribution < -0.4 is 4.90 Å². The molecule has 0 bridgehead atoms. The normalized spacial score (nSPS) is 19.3. The number of hydrogen-bond donors (Lipinski definition) is 0. The van der Waals surface area contributed by atoms with E-state index in [2.05, 4.69) is 129 Å². The minimum absolute atomic E-state index is 0.308. The van der Waals surface area contributed by atoms with Crippen molar-refractivity contribution in [3.63, 3.8) is 0 Å². The minimum Gasteiger partial charge on any atom is -0.340 e. The Hall–Kier alpha value is -4.01. The Morgan fingerprint density at radius 3 is 2.43 bits per heavy atom. The van der Waals surface area contributed by atoms with Crippen molar-refractivity contribution in [3.05, 3.63) is 141 Å². The van der Waals surface area contributed by atoms with E-state index in [4.69, 9.17) is 0 Å². The van der Waals surface area contributed by atoms with Crippen molar-refractivity contribution in [3.8, 4) is 0 Å². The second-order valence-electron chi connectivity index (χ2n) is 12.7. The maximum atomic E-state index is 2.57. The zero-order chi connectivity index (χ0) is 28.5. The predicted octanol–water partition coefficient (Wildman–Crippen LogP) is 10.0. The number of para-hydroxylation sites is 1. The van der Waals surface area contributed by atoms with Crippen LogP contribution in [-0.2, 0) is 6.42 Å². The Morgan fingerprint density at radius 2 is 1.55 bits per heavy atom. The van der Waals surface area contributed by atoms with E-state index in [-0.39, 0.29) is 0 Å². The number of nitrogens with zero attached hydrogens (tertiary/aromatic N) is 1. The van der Waals surface area contributed by atoms with Gasteiger partial charge in [0.15, 0.2) is 0 Å². The third kappa shape index (κ3) is 3.78. The van der Waals surface area contributed by atoms with Crippen LogP contribution in [0.15, 0.2) is 119 Å². The molecule has 0 N–H and O–H groups in total. The van der Waals surface area contributed by atoms with Crippen molar-refractivity contribution in [1.82, 2.24) is 0 Å². The maximum absolute atomic E-state index is 2.57. The van der Waals surface area contributed by atoms with E-state index in [9.17, 15) is 0 Å². The maximum Gasteiger partial charge on any atom is 0.0487 e. The highest BCUT2D eigenvalue weighted by Crippen LogP contribution is 2.54. The first-order valence-electron chi connectivity index (χ1n) is 15.5. The van der Waals surface area contributed by atoms with Gasteiger partial charge >= 0.3 is 0 Å². The predicted molar refractivity (Wildman–Crippen MR) is 183 cm³/mol. The van der Waals surface area contributed by atoms with Crippen molar-refractivity contribution < 1.29 is 0 Å². The van der Waals surface area contributed by atoms with Crippen LogP contribution in [0, 0.1) is 0 Å². The SMILES string of the molecule is CC1=Cc2c(cccc2N2CCc3ccccc32)C1C1=C2C(=CCC1=[Si](C)C)CC(C)=C2c1cccc2ccccc12. The largest absolute Gasteiger partial charge is 0.340 e. The van der Waals surface area contributed by atoms with Crippen LogP contribution >= 0.6 is 0 Å². The van der Waals surface area contributed by atoms with E-state index in [1.54, 1.807) is 21.9 Å². The van der Waals surface area contributed by atoms with Gasteiger partial charge in [0, 0.05) is 37.8 Å². The summed E-state index contributed by atoms with van der Waals surface area (Å²) in [5.74, 6) is 0.308. The smallest absolute Gasteiger partial charge is 0.0487 e.